The van der Waals surface area contributed by atoms with E-state index in [9.17, 15) is 9.59 Å². The Morgan fingerprint density at radius 3 is 2.41 bits per heavy atom. The maximum absolute atomic E-state index is 12.3. The molecule has 3 amide bonds. The van der Waals surface area contributed by atoms with E-state index >= 15 is 0 Å². The first kappa shape index (κ1) is 21.3. The summed E-state index contributed by atoms with van der Waals surface area (Å²) in [6.45, 7) is 2.37. The molecule has 154 valence electrons. The van der Waals surface area contributed by atoms with Gasteiger partial charge in [-0.05, 0) is 42.0 Å². The third kappa shape index (κ3) is 7.18. The van der Waals surface area contributed by atoms with Gasteiger partial charge in [0.05, 0.1) is 13.0 Å². The van der Waals surface area contributed by atoms with Crippen LogP contribution >= 0.6 is 23.4 Å². The number of rotatable bonds is 7. The molecule has 0 aliphatic carbocycles. The third-order valence-electron chi connectivity index (χ3n) is 4.40. The fraction of sp³-hybridized carbons (Fsp3) is 0.333. The average molecular weight is 434 g/mol. The molecule has 29 heavy (non-hydrogen) atoms. The number of anilines is 1. The Morgan fingerprint density at radius 2 is 1.72 bits per heavy atom. The number of nitrogens with one attached hydrogen (secondary N) is 2. The number of hydrogen-bond acceptors (Lipinski definition) is 4. The Labute approximate surface area is 179 Å². The number of hydrogen-bond donors (Lipinski definition) is 2. The lowest BCUT2D eigenvalue weighted by Gasteiger charge is -2.26. The third-order valence-corrected chi connectivity index (χ3v) is 5.60. The van der Waals surface area contributed by atoms with Gasteiger partial charge in [0.25, 0.3) is 0 Å². The van der Waals surface area contributed by atoms with Crippen molar-refractivity contribution in [3.63, 3.8) is 0 Å². The highest BCUT2D eigenvalue weighted by Crippen LogP contribution is 2.15. The molecule has 0 radical (unpaired) electrons. The minimum absolute atomic E-state index is 0.157. The van der Waals surface area contributed by atoms with Crippen molar-refractivity contribution >= 4 is 41.0 Å². The van der Waals surface area contributed by atoms with Gasteiger partial charge in [0.1, 0.15) is 12.4 Å². The molecule has 0 spiro atoms. The number of ether oxygens (including phenoxy) is 1. The Hall–Kier alpha value is -2.38. The van der Waals surface area contributed by atoms with Crippen LogP contribution in [0.15, 0.2) is 48.5 Å². The first-order valence-corrected chi connectivity index (χ1v) is 11.0. The Bertz CT molecular complexity index is 809. The molecule has 1 saturated heterocycles. The second-order valence-electron chi connectivity index (χ2n) is 6.55. The van der Waals surface area contributed by atoms with Crippen LogP contribution in [-0.4, -0.2) is 54.6 Å². The summed E-state index contributed by atoms with van der Waals surface area (Å²) in [5, 5.41) is 6.16. The highest BCUT2D eigenvalue weighted by Gasteiger charge is 2.16. The van der Waals surface area contributed by atoms with Gasteiger partial charge >= 0.3 is 6.03 Å². The van der Waals surface area contributed by atoms with Crippen LogP contribution in [0.1, 0.15) is 5.56 Å². The quantitative estimate of drug-likeness (QED) is 0.654. The van der Waals surface area contributed by atoms with E-state index < -0.39 is 0 Å². The number of amides is 3. The van der Waals surface area contributed by atoms with Crippen molar-refractivity contribution in [3.05, 3.63) is 59.1 Å². The summed E-state index contributed by atoms with van der Waals surface area (Å²) in [7, 11) is 0. The smallest absolute Gasteiger partial charge is 0.319 e. The van der Waals surface area contributed by atoms with Gasteiger partial charge < -0.3 is 20.3 Å². The fourth-order valence-corrected chi connectivity index (χ4v) is 3.87. The van der Waals surface area contributed by atoms with Gasteiger partial charge in [0.2, 0.25) is 5.91 Å². The van der Waals surface area contributed by atoms with E-state index in [-0.39, 0.29) is 11.9 Å². The first-order chi connectivity index (χ1) is 14.1. The van der Waals surface area contributed by atoms with Crippen molar-refractivity contribution in [2.24, 2.45) is 0 Å². The van der Waals surface area contributed by atoms with Crippen molar-refractivity contribution in [2.75, 3.05) is 43.1 Å². The van der Waals surface area contributed by atoms with Crippen LogP contribution in [0.4, 0.5) is 10.5 Å². The molecule has 0 unspecified atom stereocenters. The molecular weight excluding hydrogens is 410 g/mol. The van der Waals surface area contributed by atoms with Crippen molar-refractivity contribution in [2.45, 2.75) is 6.42 Å². The summed E-state index contributed by atoms with van der Waals surface area (Å²) in [5.74, 6) is 2.87. The van der Waals surface area contributed by atoms with Crippen molar-refractivity contribution in [1.29, 1.82) is 0 Å². The van der Waals surface area contributed by atoms with Gasteiger partial charge in [0, 0.05) is 35.3 Å². The van der Waals surface area contributed by atoms with Crippen molar-refractivity contribution in [3.8, 4) is 5.75 Å². The first-order valence-electron chi connectivity index (χ1n) is 9.48. The number of carbonyl (C=O) groups excluding carboxylic acids is 2. The topological polar surface area (TPSA) is 70.7 Å². The SMILES string of the molecule is O=C(NCCOc1ccc(Cl)cc1)Nc1ccc(CC(=O)N2CCSCC2)cc1. The lowest BCUT2D eigenvalue weighted by molar-refractivity contribution is -0.130. The van der Waals surface area contributed by atoms with E-state index in [1.165, 1.54) is 0 Å². The molecule has 2 N–H and O–H groups in total. The molecule has 0 aromatic heterocycles. The van der Waals surface area contributed by atoms with E-state index in [1.54, 1.807) is 36.4 Å². The molecule has 6 nitrogen and oxygen atoms in total. The van der Waals surface area contributed by atoms with E-state index in [2.05, 4.69) is 10.6 Å². The van der Waals surface area contributed by atoms with Crippen LogP contribution < -0.4 is 15.4 Å². The molecule has 2 aromatic carbocycles. The highest BCUT2D eigenvalue weighted by atomic mass is 35.5. The van der Waals surface area contributed by atoms with Crippen LogP contribution in [0.5, 0.6) is 5.75 Å². The van der Waals surface area contributed by atoms with Crippen molar-refractivity contribution in [1.82, 2.24) is 10.2 Å². The average Bonchev–Trinajstić information content (AvgIpc) is 2.74. The summed E-state index contributed by atoms with van der Waals surface area (Å²) in [6.07, 6.45) is 0.388. The largest absolute Gasteiger partial charge is 0.492 e. The second-order valence-corrected chi connectivity index (χ2v) is 8.21. The Morgan fingerprint density at radius 1 is 1.03 bits per heavy atom. The monoisotopic (exact) mass is 433 g/mol. The molecule has 1 aliphatic heterocycles. The number of carbonyl (C=O) groups is 2. The Balaban J connectivity index is 1.36. The summed E-state index contributed by atoms with van der Waals surface area (Å²) >= 11 is 7.70. The molecule has 2 aromatic rings. The predicted molar refractivity (Wildman–Crippen MR) is 118 cm³/mol. The predicted octanol–water partition coefficient (Wildman–Crippen LogP) is 3.66. The second kappa shape index (κ2) is 11.0. The fourth-order valence-electron chi connectivity index (χ4n) is 2.84. The molecule has 1 aliphatic rings. The van der Waals surface area contributed by atoms with Gasteiger partial charge in [-0.3, -0.25) is 4.79 Å². The van der Waals surface area contributed by atoms with Crippen molar-refractivity contribution < 1.29 is 14.3 Å². The molecule has 0 bridgehead atoms. The van der Waals surface area contributed by atoms with E-state index in [1.807, 2.05) is 28.8 Å². The summed E-state index contributed by atoms with van der Waals surface area (Å²) in [4.78, 5) is 26.2. The standard InChI is InChI=1S/C21H24ClN3O3S/c22-17-3-7-19(8-4-17)28-12-9-23-21(27)24-18-5-1-16(2-6-18)15-20(26)25-10-13-29-14-11-25/h1-8H,9-15H2,(H2,23,24,27). The summed E-state index contributed by atoms with van der Waals surface area (Å²) in [5.41, 5.74) is 1.61. The van der Waals surface area contributed by atoms with E-state index in [0.717, 1.165) is 30.2 Å². The lowest BCUT2D eigenvalue weighted by atomic mass is 10.1. The highest BCUT2D eigenvalue weighted by molar-refractivity contribution is 7.99. The minimum atomic E-state index is -0.306. The zero-order chi connectivity index (χ0) is 20.5. The Kier molecular flexibility index (Phi) is 8.07. The molecule has 0 saturated carbocycles. The molecule has 3 rings (SSSR count). The number of thioether (sulfide) groups is 1. The molecular formula is C21H24ClN3O3S. The lowest BCUT2D eigenvalue weighted by Crippen LogP contribution is -2.38. The number of nitrogens with zero attached hydrogens (tertiary/aromatic N) is 1. The maximum Gasteiger partial charge on any atom is 0.319 e. The van der Waals surface area contributed by atoms with Crippen LogP contribution in [0, 0.1) is 0 Å². The van der Waals surface area contributed by atoms with Gasteiger partial charge in [-0.15, -0.1) is 0 Å². The minimum Gasteiger partial charge on any atom is -0.492 e. The number of benzene rings is 2. The van der Waals surface area contributed by atoms with Crippen LogP contribution in [0.2, 0.25) is 5.02 Å². The van der Waals surface area contributed by atoms with Crippen LogP contribution in [0.3, 0.4) is 0 Å². The van der Waals surface area contributed by atoms with E-state index in [0.29, 0.717) is 36.0 Å². The molecule has 0 atom stereocenters. The van der Waals surface area contributed by atoms with Gasteiger partial charge in [0.15, 0.2) is 0 Å². The maximum atomic E-state index is 12.3. The molecule has 1 heterocycles. The van der Waals surface area contributed by atoms with Crippen LogP contribution in [-0.2, 0) is 11.2 Å². The molecule has 8 heteroatoms. The zero-order valence-electron chi connectivity index (χ0n) is 16.0. The number of urea groups is 1. The van der Waals surface area contributed by atoms with Crippen LogP contribution in [0.25, 0.3) is 0 Å². The zero-order valence-corrected chi connectivity index (χ0v) is 17.6. The normalized spacial score (nSPS) is 13.6. The summed E-state index contributed by atoms with van der Waals surface area (Å²) in [6, 6.07) is 14.1. The summed E-state index contributed by atoms with van der Waals surface area (Å²) < 4.78 is 5.53. The van der Waals surface area contributed by atoms with E-state index in [4.69, 9.17) is 16.3 Å². The van der Waals surface area contributed by atoms with Gasteiger partial charge in [-0.1, -0.05) is 23.7 Å². The molecule has 1 fully saturated rings. The van der Waals surface area contributed by atoms with Gasteiger partial charge in [-0.25, -0.2) is 4.79 Å². The number of halogens is 1. The van der Waals surface area contributed by atoms with Gasteiger partial charge in [-0.2, -0.15) is 11.8 Å².